The van der Waals surface area contributed by atoms with Crippen molar-refractivity contribution < 1.29 is 19.1 Å². The highest BCUT2D eigenvalue weighted by Crippen LogP contribution is 2.24. The summed E-state index contributed by atoms with van der Waals surface area (Å²) in [6.07, 6.45) is 3.75. The van der Waals surface area contributed by atoms with Gasteiger partial charge < -0.3 is 25.0 Å². The first kappa shape index (κ1) is 26.0. The number of nitrogens with one attached hydrogen (secondary N) is 3. The van der Waals surface area contributed by atoms with Gasteiger partial charge in [-0.15, -0.1) is 0 Å². The molecule has 0 radical (unpaired) electrons. The zero-order valence-corrected chi connectivity index (χ0v) is 22.1. The third-order valence-corrected chi connectivity index (χ3v) is 6.04. The summed E-state index contributed by atoms with van der Waals surface area (Å²) in [5, 5.41) is 14.2. The van der Waals surface area contributed by atoms with Gasteiger partial charge in [-0.2, -0.15) is 5.10 Å². The number of likely N-dealkylation sites (tertiary alicyclic amines) is 1. The standard InChI is InChI=1S/C28H31N7O4/c1-28(2,3)39-27(37)35-12-10-21(16-35)32-25(36)17-38-22-6-4-5-18(14-22)26-29-11-9-24(33-26)31-20-7-8-23-19(13-20)15-30-34-23/h4-9,11,13-15,21H,10,12,16-17H2,1-3H3,(H,30,34)(H,32,36)(H,29,31,33)/t21-/m0/s1. The highest BCUT2D eigenvalue weighted by molar-refractivity contribution is 5.82. The summed E-state index contributed by atoms with van der Waals surface area (Å²) in [5.41, 5.74) is 2.04. The molecular formula is C28H31N7O4. The van der Waals surface area contributed by atoms with Crippen LogP contribution in [0.2, 0.25) is 0 Å². The number of aromatic amines is 1. The molecule has 11 nitrogen and oxygen atoms in total. The summed E-state index contributed by atoms with van der Waals surface area (Å²) in [7, 11) is 0. The van der Waals surface area contributed by atoms with Crippen molar-refractivity contribution in [1.29, 1.82) is 0 Å². The van der Waals surface area contributed by atoms with E-state index in [1.54, 1.807) is 35.5 Å². The van der Waals surface area contributed by atoms with Crippen molar-refractivity contribution in [3.63, 3.8) is 0 Å². The molecule has 0 bridgehead atoms. The van der Waals surface area contributed by atoms with Crippen LogP contribution in [-0.2, 0) is 9.53 Å². The molecule has 0 unspecified atom stereocenters. The van der Waals surface area contributed by atoms with E-state index in [2.05, 4.69) is 30.8 Å². The molecule has 1 aliphatic heterocycles. The maximum absolute atomic E-state index is 12.5. The fourth-order valence-electron chi connectivity index (χ4n) is 4.25. The average molecular weight is 530 g/mol. The van der Waals surface area contributed by atoms with Crippen molar-refractivity contribution in [2.75, 3.05) is 25.0 Å². The van der Waals surface area contributed by atoms with Gasteiger partial charge in [0.25, 0.3) is 5.91 Å². The molecule has 2 amide bonds. The number of hydrogen-bond acceptors (Lipinski definition) is 8. The van der Waals surface area contributed by atoms with E-state index in [1.165, 1.54) is 0 Å². The normalized spacial score (nSPS) is 15.3. The Hall–Kier alpha value is -4.67. The van der Waals surface area contributed by atoms with Crippen LogP contribution in [0.3, 0.4) is 0 Å². The molecule has 0 spiro atoms. The third-order valence-electron chi connectivity index (χ3n) is 6.04. The molecule has 1 fully saturated rings. The molecule has 3 heterocycles. The van der Waals surface area contributed by atoms with Gasteiger partial charge in [0.2, 0.25) is 0 Å². The highest BCUT2D eigenvalue weighted by Gasteiger charge is 2.30. The summed E-state index contributed by atoms with van der Waals surface area (Å²) in [6, 6.07) is 14.8. The first-order valence-corrected chi connectivity index (χ1v) is 12.8. The molecule has 5 rings (SSSR count). The largest absolute Gasteiger partial charge is 0.484 e. The lowest BCUT2D eigenvalue weighted by Gasteiger charge is -2.24. The van der Waals surface area contributed by atoms with Crippen molar-refractivity contribution in [3.8, 4) is 17.1 Å². The van der Waals surface area contributed by atoms with E-state index < -0.39 is 5.60 Å². The van der Waals surface area contributed by atoms with Crippen LogP contribution < -0.4 is 15.4 Å². The van der Waals surface area contributed by atoms with E-state index >= 15 is 0 Å². The van der Waals surface area contributed by atoms with Gasteiger partial charge in [0, 0.05) is 42.0 Å². The van der Waals surface area contributed by atoms with E-state index in [0.717, 1.165) is 22.2 Å². The summed E-state index contributed by atoms with van der Waals surface area (Å²) < 4.78 is 11.2. The van der Waals surface area contributed by atoms with Crippen LogP contribution in [0.15, 0.2) is 60.9 Å². The van der Waals surface area contributed by atoms with Crippen molar-refractivity contribution in [2.24, 2.45) is 0 Å². The third kappa shape index (κ3) is 6.81. The molecule has 1 atom stereocenters. The number of carbonyl (C=O) groups excluding carboxylic acids is 2. The fourth-order valence-corrected chi connectivity index (χ4v) is 4.25. The molecule has 2 aromatic carbocycles. The van der Waals surface area contributed by atoms with Crippen LogP contribution in [0.1, 0.15) is 27.2 Å². The number of carbonyl (C=O) groups is 2. The Labute approximate surface area is 225 Å². The minimum absolute atomic E-state index is 0.141. The Morgan fingerprint density at radius 1 is 1.15 bits per heavy atom. The zero-order chi connectivity index (χ0) is 27.4. The topological polar surface area (TPSA) is 134 Å². The summed E-state index contributed by atoms with van der Waals surface area (Å²) >= 11 is 0. The smallest absolute Gasteiger partial charge is 0.410 e. The Kier molecular flexibility index (Phi) is 7.31. The molecule has 39 heavy (non-hydrogen) atoms. The second-order valence-corrected chi connectivity index (χ2v) is 10.4. The number of nitrogens with zero attached hydrogens (tertiary/aromatic N) is 4. The van der Waals surface area contributed by atoms with Gasteiger partial charge in [-0.25, -0.2) is 14.8 Å². The lowest BCUT2D eigenvalue weighted by atomic mass is 10.2. The molecule has 1 saturated heterocycles. The Bertz CT molecular complexity index is 1480. The number of fused-ring (bicyclic) bond motifs is 1. The van der Waals surface area contributed by atoms with Crippen LogP contribution in [0.25, 0.3) is 22.3 Å². The molecule has 0 saturated carbocycles. The Morgan fingerprint density at radius 2 is 2.03 bits per heavy atom. The number of amides is 2. The maximum atomic E-state index is 12.5. The molecular weight excluding hydrogens is 498 g/mol. The lowest BCUT2D eigenvalue weighted by Crippen LogP contribution is -2.41. The van der Waals surface area contributed by atoms with Gasteiger partial charge in [0.1, 0.15) is 17.2 Å². The van der Waals surface area contributed by atoms with Crippen molar-refractivity contribution in [3.05, 3.63) is 60.9 Å². The van der Waals surface area contributed by atoms with E-state index in [1.807, 2.05) is 51.1 Å². The molecule has 1 aliphatic rings. The first-order valence-electron chi connectivity index (χ1n) is 12.8. The van der Waals surface area contributed by atoms with Crippen molar-refractivity contribution in [2.45, 2.75) is 38.8 Å². The van der Waals surface area contributed by atoms with Gasteiger partial charge >= 0.3 is 6.09 Å². The van der Waals surface area contributed by atoms with Crippen molar-refractivity contribution >= 4 is 34.4 Å². The van der Waals surface area contributed by atoms with Crippen LogP contribution >= 0.6 is 0 Å². The number of rotatable bonds is 7. The first-order chi connectivity index (χ1) is 18.7. The number of anilines is 2. The minimum Gasteiger partial charge on any atom is -0.484 e. The number of benzene rings is 2. The predicted octanol–water partition coefficient (Wildman–Crippen LogP) is 4.27. The van der Waals surface area contributed by atoms with Gasteiger partial charge in [0.15, 0.2) is 12.4 Å². The van der Waals surface area contributed by atoms with Crippen LogP contribution in [0.5, 0.6) is 5.75 Å². The zero-order valence-electron chi connectivity index (χ0n) is 22.1. The van der Waals surface area contributed by atoms with E-state index in [-0.39, 0.29) is 24.6 Å². The van der Waals surface area contributed by atoms with Gasteiger partial charge in [-0.1, -0.05) is 12.1 Å². The van der Waals surface area contributed by atoms with Crippen LogP contribution in [0, 0.1) is 0 Å². The van der Waals surface area contributed by atoms with E-state index in [4.69, 9.17) is 9.47 Å². The van der Waals surface area contributed by atoms with Crippen LogP contribution in [-0.4, -0.2) is 68.4 Å². The second kappa shape index (κ2) is 11.0. The summed E-state index contributed by atoms with van der Waals surface area (Å²) in [6.45, 7) is 6.29. The molecule has 3 N–H and O–H groups in total. The average Bonchev–Trinajstić information content (AvgIpc) is 3.56. The molecule has 4 aromatic rings. The van der Waals surface area contributed by atoms with Gasteiger partial charge in [0.05, 0.1) is 11.7 Å². The van der Waals surface area contributed by atoms with Crippen LogP contribution in [0.4, 0.5) is 16.3 Å². The molecule has 0 aliphatic carbocycles. The number of hydrogen-bond donors (Lipinski definition) is 3. The molecule has 202 valence electrons. The predicted molar refractivity (Wildman–Crippen MR) is 147 cm³/mol. The minimum atomic E-state index is -0.556. The lowest BCUT2D eigenvalue weighted by molar-refractivity contribution is -0.123. The van der Waals surface area contributed by atoms with E-state index in [9.17, 15) is 9.59 Å². The maximum Gasteiger partial charge on any atom is 0.410 e. The quantitative estimate of drug-likeness (QED) is 0.323. The molecule has 2 aromatic heterocycles. The van der Waals surface area contributed by atoms with Crippen molar-refractivity contribution in [1.82, 2.24) is 30.4 Å². The SMILES string of the molecule is CC(C)(C)OC(=O)N1CC[C@H](NC(=O)COc2cccc(-c3nccc(Nc4ccc5[nH]ncc5c4)n3)c2)C1. The van der Waals surface area contributed by atoms with Gasteiger partial charge in [-0.05, 0) is 63.6 Å². The number of aromatic nitrogens is 4. The highest BCUT2D eigenvalue weighted by atomic mass is 16.6. The summed E-state index contributed by atoms with van der Waals surface area (Å²) in [4.78, 5) is 35.4. The summed E-state index contributed by atoms with van der Waals surface area (Å²) in [5.74, 6) is 1.43. The Balaban J connectivity index is 1.15. The Morgan fingerprint density at radius 3 is 2.87 bits per heavy atom. The number of ether oxygens (including phenoxy) is 2. The van der Waals surface area contributed by atoms with Gasteiger partial charge in [-0.3, -0.25) is 9.89 Å². The molecule has 11 heteroatoms. The van der Waals surface area contributed by atoms with E-state index in [0.29, 0.717) is 36.9 Å². The monoisotopic (exact) mass is 529 g/mol. The fraction of sp³-hybridized carbons (Fsp3) is 0.321. The number of H-pyrrole nitrogens is 1. The second-order valence-electron chi connectivity index (χ2n) is 10.4.